The average Bonchev–Trinajstić information content (AvgIpc) is 2.56. The van der Waals surface area contributed by atoms with Crippen LogP contribution in [0.15, 0.2) is 22.8 Å². The fourth-order valence-corrected chi connectivity index (χ4v) is 3.82. The number of rotatable bonds is 4. The Labute approximate surface area is 149 Å². The molecule has 0 unspecified atom stereocenters. The molecule has 7 heteroatoms. The quantitative estimate of drug-likeness (QED) is 0.732. The fourth-order valence-electron chi connectivity index (χ4n) is 3.17. The molecule has 0 radical (unpaired) electrons. The second kappa shape index (κ2) is 7.34. The number of aromatic nitrogens is 2. The molecule has 128 valence electrons. The van der Waals surface area contributed by atoms with E-state index in [1.165, 1.54) is 5.56 Å². The van der Waals surface area contributed by atoms with Gasteiger partial charge in [-0.3, -0.25) is 0 Å². The highest BCUT2D eigenvalue weighted by molar-refractivity contribution is 9.10. The first-order chi connectivity index (χ1) is 11.5. The van der Waals surface area contributed by atoms with Gasteiger partial charge >= 0.3 is 6.09 Å². The lowest BCUT2D eigenvalue weighted by Gasteiger charge is -2.28. The van der Waals surface area contributed by atoms with Crippen LogP contribution in [0.5, 0.6) is 0 Å². The topological polar surface area (TPSA) is 87.1 Å². The molecule has 1 aliphatic rings. The van der Waals surface area contributed by atoms with E-state index in [4.69, 9.17) is 5.11 Å². The van der Waals surface area contributed by atoms with Crippen LogP contribution in [0.1, 0.15) is 38.2 Å². The van der Waals surface area contributed by atoms with Gasteiger partial charge in [-0.1, -0.05) is 22.9 Å². The zero-order chi connectivity index (χ0) is 17.1. The molecule has 3 rings (SSSR count). The number of hydrogen-bond acceptors (Lipinski definition) is 4. The van der Waals surface area contributed by atoms with Crippen molar-refractivity contribution < 1.29 is 9.90 Å². The smallest absolute Gasteiger partial charge is 0.404 e. The lowest BCUT2D eigenvalue weighted by atomic mass is 9.91. The number of nitrogens with one attached hydrogen (secondary N) is 2. The maximum atomic E-state index is 10.7. The first-order valence-corrected chi connectivity index (χ1v) is 9.05. The Morgan fingerprint density at radius 1 is 1.29 bits per heavy atom. The van der Waals surface area contributed by atoms with E-state index in [2.05, 4.69) is 55.6 Å². The zero-order valence-corrected chi connectivity index (χ0v) is 15.1. The molecule has 0 bridgehead atoms. The highest BCUT2D eigenvalue weighted by atomic mass is 79.9. The van der Waals surface area contributed by atoms with Gasteiger partial charge in [0.2, 0.25) is 5.95 Å². The Bertz CT molecular complexity index is 745. The van der Waals surface area contributed by atoms with Crippen molar-refractivity contribution in [1.29, 1.82) is 0 Å². The van der Waals surface area contributed by atoms with E-state index in [1.54, 1.807) is 0 Å². The minimum absolute atomic E-state index is 0.0579. The van der Waals surface area contributed by atoms with Gasteiger partial charge in [0, 0.05) is 28.1 Å². The van der Waals surface area contributed by atoms with E-state index >= 15 is 0 Å². The second-order valence-electron chi connectivity index (χ2n) is 6.19. The van der Waals surface area contributed by atoms with Gasteiger partial charge < -0.3 is 15.7 Å². The molecule has 0 spiro atoms. The Morgan fingerprint density at radius 3 is 2.67 bits per heavy atom. The van der Waals surface area contributed by atoms with Crippen molar-refractivity contribution >= 4 is 38.9 Å². The molecule has 0 atom stereocenters. The third-order valence-electron chi connectivity index (χ3n) is 4.52. The van der Waals surface area contributed by atoms with E-state index < -0.39 is 6.09 Å². The summed E-state index contributed by atoms with van der Waals surface area (Å²) in [6.07, 6.45) is 5.34. The summed E-state index contributed by atoms with van der Waals surface area (Å²) in [4.78, 5) is 19.7. The Balaban J connectivity index is 1.67. The van der Waals surface area contributed by atoms with Crippen LogP contribution in [0.2, 0.25) is 0 Å². The summed E-state index contributed by atoms with van der Waals surface area (Å²) in [5, 5.41) is 15.7. The first-order valence-electron chi connectivity index (χ1n) is 8.26. The second-order valence-corrected chi connectivity index (χ2v) is 7.05. The van der Waals surface area contributed by atoms with Gasteiger partial charge in [-0.25, -0.2) is 14.8 Å². The van der Waals surface area contributed by atoms with Crippen LogP contribution in [0.3, 0.4) is 0 Å². The van der Waals surface area contributed by atoms with Crippen LogP contribution in [0, 0.1) is 0 Å². The van der Waals surface area contributed by atoms with E-state index in [9.17, 15) is 4.79 Å². The van der Waals surface area contributed by atoms with Crippen LogP contribution >= 0.6 is 15.9 Å². The number of carboxylic acid groups (broad SMARTS) is 1. The summed E-state index contributed by atoms with van der Waals surface area (Å²) in [5.41, 5.74) is 2.17. The van der Waals surface area contributed by atoms with Crippen molar-refractivity contribution in [2.75, 3.05) is 5.32 Å². The fraction of sp³-hybridized carbons (Fsp3) is 0.471. The standard InChI is InChI=1S/C17H21BrN4O2/c1-2-10-8-15-11(7-14(10)18)9-19-16(22-15)20-12-3-5-13(6-4-12)21-17(23)24/h7-9,12-13,21H,2-6H2,1H3,(H,23,24)(H,19,20,22). The number of nitrogens with zero attached hydrogens (tertiary/aromatic N) is 2. The minimum atomic E-state index is -0.942. The van der Waals surface area contributed by atoms with E-state index in [1.807, 2.05) is 6.20 Å². The third kappa shape index (κ3) is 3.95. The van der Waals surface area contributed by atoms with Crippen molar-refractivity contribution in [2.24, 2.45) is 0 Å². The van der Waals surface area contributed by atoms with Gasteiger partial charge in [0.05, 0.1) is 5.52 Å². The number of carbonyl (C=O) groups is 1. The largest absolute Gasteiger partial charge is 0.465 e. The summed E-state index contributed by atoms with van der Waals surface area (Å²) in [5.74, 6) is 0.640. The Kier molecular flexibility index (Phi) is 5.18. The van der Waals surface area contributed by atoms with Crippen molar-refractivity contribution in [3.63, 3.8) is 0 Å². The highest BCUT2D eigenvalue weighted by Gasteiger charge is 2.22. The van der Waals surface area contributed by atoms with Crippen molar-refractivity contribution in [1.82, 2.24) is 15.3 Å². The molecule has 1 aromatic carbocycles. The number of anilines is 1. The summed E-state index contributed by atoms with van der Waals surface area (Å²) in [6, 6.07) is 4.50. The van der Waals surface area contributed by atoms with Crippen molar-refractivity contribution in [2.45, 2.75) is 51.1 Å². The van der Waals surface area contributed by atoms with Gasteiger partial charge in [0.25, 0.3) is 0 Å². The molecule has 1 amide bonds. The molecule has 1 aromatic heterocycles. The third-order valence-corrected chi connectivity index (χ3v) is 5.26. The summed E-state index contributed by atoms with van der Waals surface area (Å²) in [6.45, 7) is 2.12. The molecule has 0 aliphatic heterocycles. The molecule has 1 heterocycles. The Morgan fingerprint density at radius 2 is 2.00 bits per heavy atom. The Hall–Kier alpha value is -1.89. The van der Waals surface area contributed by atoms with Crippen LogP contribution in [0.25, 0.3) is 10.9 Å². The number of halogens is 1. The summed E-state index contributed by atoms with van der Waals surface area (Å²) < 4.78 is 1.09. The number of fused-ring (bicyclic) bond motifs is 1. The van der Waals surface area contributed by atoms with Crippen LogP contribution in [0.4, 0.5) is 10.7 Å². The zero-order valence-electron chi connectivity index (χ0n) is 13.6. The van der Waals surface area contributed by atoms with Crippen LogP contribution in [-0.2, 0) is 6.42 Å². The molecule has 2 aromatic rings. The van der Waals surface area contributed by atoms with Gasteiger partial charge in [-0.2, -0.15) is 0 Å². The predicted octanol–water partition coefficient (Wildman–Crippen LogP) is 3.95. The predicted molar refractivity (Wildman–Crippen MR) is 97.4 cm³/mol. The SMILES string of the molecule is CCc1cc2nc(NC3CCC(NC(=O)O)CC3)ncc2cc1Br. The number of benzene rings is 1. The summed E-state index contributed by atoms with van der Waals surface area (Å²) in [7, 11) is 0. The number of aryl methyl sites for hydroxylation is 1. The van der Waals surface area contributed by atoms with Crippen LogP contribution < -0.4 is 10.6 Å². The van der Waals surface area contributed by atoms with Crippen molar-refractivity contribution in [3.8, 4) is 0 Å². The van der Waals surface area contributed by atoms with Gasteiger partial charge in [-0.15, -0.1) is 0 Å². The highest BCUT2D eigenvalue weighted by Crippen LogP contribution is 2.25. The van der Waals surface area contributed by atoms with Crippen molar-refractivity contribution in [3.05, 3.63) is 28.4 Å². The maximum Gasteiger partial charge on any atom is 0.404 e. The molecule has 6 nitrogen and oxygen atoms in total. The molecule has 3 N–H and O–H groups in total. The average molecular weight is 393 g/mol. The first kappa shape index (κ1) is 17.0. The summed E-state index contributed by atoms with van der Waals surface area (Å²) >= 11 is 3.58. The molecule has 1 aliphatic carbocycles. The minimum Gasteiger partial charge on any atom is -0.465 e. The molecule has 0 saturated heterocycles. The molecule has 1 fully saturated rings. The molecule has 24 heavy (non-hydrogen) atoms. The number of amides is 1. The number of hydrogen-bond donors (Lipinski definition) is 3. The molecular formula is C17H21BrN4O2. The van der Waals surface area contributed by atoms with E-state index in [0.717, 1.165) is 47.5 Å². The van der Waals surface area contributed by atoms with Gasteiger partial charge in [0.1, 0.15) is 0 Å². The normalized spacial score (nSPS) is 20.8. The van der Waals surface area contributed by atoms with Gasteiger partial charge in [-0.05, 0) is 49.8 Å². The molecule has 1 saturated carbocycles. The lowest BCUT2D eigenvalue weighted by molar-refractivity contribution is 0.185. The van der Waals surface area contributed by atoms with Gasteiger partial charge in [0.15, 0.2) is 0 Å². The van der Waals surface area contributed by atoms with E-state index in [-0.39, 0.29) is 12.1 Å². The molecular weight excluding hydrogens is 372 g/mol. The van der Waals surface area contributed by atoms with E-state index in [0.29, 0.717) is 5.95 Å². The lowest BCUT2D eigenvalue weighted by Crippen LogP contribution is -2.39. The maximum absolute atomic E-state index is 10.7. The monoisotopic (exact) mass is 392 g/mol. The van der Waals surface area contributed by atoms with Crippen LogP contribution in [-0.4, -0.2) is 33.3 Å².